The SMILES string of the molecule is c1ccc2c(c1)CNCCN2Cc1nnc2n1CCCC2. The maximum absolute atomic E-state index is 4.45. The first-order valence-electron chi connectivity index (χ1n) is 7.86. The van der Waals surface area contributed by atoms with Gasteiger partial charge in [-0.25, -0.2) is 0 Å². The van der Waals surface area contributed by atoms with E-state index in [1.807, 2.05) is 0 Å². The molecule has 0 spiro atoms. The molecule has 1 aromatic heterocycles. The molecule has 0 radical (unpaired) electrons. The largest absolute Gasteiger partial charge is 0.362 e. The van der Waals surface area contributed by atoms with Gasteiger partial charge in [0.25, 0.3) is 0 Å². The van der Waals surface area contributed by atoms with Crippen LogP contribution in [0.2, 0.25) is 0 Å². The first kappa shape index (κ1) is 12.8. The highest BCUT2D eigenvalue weighted by Gasteiger charge is 2.20. The molecule has 0 aliphatic carbocycles. The lowest BCUT2D eigenvalue weighted by Crippen LogP contribution is -2.30. The molecular weight excluding hydrogens is 262 g/mol. The van der Waals surface area contributed by atoms with Crippen LogP contribution in [0.25, 0.3) is 0 Å². The fourth-order valence-electron chi connectivity index (χ4n) is 3.35. The van der Waals surface area contributed by atoms with Crippen LogP contribution in [0.15, 0.2) is 24.3 Å². The van der Waals surface area contributed by atoms with Crippen molar-refractivity contribution in [2.24, 2.45) is 0 Å². The molecule has 0 bridgehead atoms. The summed E-state index contributed by atoms with van der Waals surface area (Å²) < 4.78 is 2.32. The van der Waals surface area contributed by atoms with Crippen LogP contribution in [-0.2, 0) is 26.1 Å². The summed E-state index contributed by atoms with van der Waals surface area (Å²) >= 11 is 0. The Bertz CT molecular complexity index is 633. The number of nitrogens with zero attached hydrogens (tertiary/aromatic N) is 4. The molecule has 2 aliphatic heterocycles. The standard InChI is InChI=1S/C16H21N5/c1-2-6-14-13(5-1)11-17-8-10-20(14)12-16-19-18-15-7-3-4-9-21(15)16/h1-2,5-6,17H,3-4,7-12H2. The van der Waals surface area contributed by atoms with Crippen LogP contribution in [-0.4, -0.2) is 27.9 Å². The van der Waals surface area contributed by atoms with Crippen LogP contribution in [0.4, 0.5) is 5.69 Å². The van der Waals surface area contributed by atoms with Crippen molar-refractivity contribution >= 4 is 5.69 Å². The summed E-state index contributed by atoms with van der Waals surface area (Å²) in [7, 11) is 0. The Hall–Kier alpha value is -1.88. The summed E-state index contributed by atoms with van der Waals surface area (Å²) in [5.74, 6) is 2.28. The fourth-order valence-corrected chi connectivity index (χ4v) is 3.35. The van der Waals surface area contributed by atoms with E-state index in [0.29, 0.717) is 0 Å². The molecule has 3 heterocycles. The topological polar surface area (TPSA) is 46.0 Å². The van der Waals surface area contributed by atoms with E-state index in [9.17, 15) is 0 Å². The quantitative estimate of drug-likeness (QED) is 0.911. The molecular formula is C16H21N5. The summed E-state index contributed by atoms with van der Waals surface area (Å²) in [5.41, 5.74) is 2.70. The molecule has 0 saturated carbocycles. The summed E-state index contributed by atoms with van der Waals surface area (Å²) in [6, 6.07) is 8.66. The molecule has 2 aliphatic rings. The molecule has 0 saturated heterocycles. The van der Waals surface area contributed by atoms with Crippen LogP contribution < -0.4 is 10.2 Å². The van der Waals surface area contributed by atoms with Gasteiger partial charge in [-0.3, -0.25) is 0 Å². The highest BCUT2D eigenvalue weighted by molar-refractivity contribution is 5.54. The Morgan fingerprint density at radius 1 is 1.10 bits per heavy atom. The van der Waals surface area contributed by atoms with Crippen LogP contribution in [0.5, 0.6) is 0 Å². The Morgan fingerprint density at radius 3 is 3.05 bits per heavy atom. The van der Waals surface area contributed by atoms with Crippen molar-refractivity contribution in [2.75, 3.05) is 18.0 Å². The third-order valence-corrected chi connectivity index (χ3v) is 4.47. The van der Waals surface area contributed by atoms with Crippen LogP contribution in [0.3, 0.4) is 0 Å². The number of fused-ring (bicyclic) bond motifs is 2. The number of nitrogens with one attached hydrogen (secondary N) is 1. The minimum Gasteiger partial charge on any atom is -0.362 e. The minimum absolute atomic E-state index is 0.853. The molecule has 5 heteroatoms. The highest BCUT2D eigenvalue weighted by Crippen LogP contribution is 2.24. The minimum atomic E-state index is 0.853. The van der Waals surface area contributed by atoms with Gasteiger partial charge < -0.3 is 14.8 Å². The van der Waals surface area contributed by atoms with Crippen LogP contribution in [0.1, 0.15) is 30.1 Å². The lowest BCUT2D eigenvalue weighted by atomic mass is 10.1. The van der Waals surface area contributed by atoms with E-state index in [4.69, 9.17) is 0 Å². The second kappa shape index (κ2) is 5.48. The number of aryl methyl sites for hydroxylation is 1. The number of para-hydroxylation sites is 1. The van der Waals surface area contributed by atoms with Crippen LogP contribution >= 0.6 is 0 Å². The Morgan fingerprint density at radius 2 is 2.05 bits per heavy atom. The number of benzene rings is 1. The van der Waals surface area contributed by atoms with Gasteiger partial charge in [-0.1, -0.05) is 18.2 Å². The van der Waals surface area contributed by atoms with Gasteiger partial charge in [0, 0.05) is 38.3 Å². The predicted molar refractivity (Wildman–Crippen MR) is 82.2 cm³/mol. The average Bonchev–Trinajstić information content (AvgIpc) is 2.82. The first-order valence-corrected chi connectivity index (χ1v) is 7.86. The molecule has 21 heavy (non-hydrogen) atoms. The second-order valence-corrected chi connectivity index (χ2v) is 5.87. The third-order valence-electron chi connectivity index (χ3n) is 4.47. The van der Waals surface area contributed by atoms with E-state index in [-0.39, 0.29) is 0 Å². The second-order valence-electron chi connectivity index (χ2n) is 5.87. The van der Waals surface area contributed by atoms with Gasteiger partial charge in [-0.05, 0) is 24.5 Å². The van der Waals surface area contributed by atoms with Crippen molar-refractivity contribution in [1.82, 2.24) is 20.1 Å². The zero-order valence-electron chi connectivity index (χ0n) is 12.3. The smallest absolute Gasteiger partial charge is 0.152 e. The van der Waals surface area contributed by atoms with Gasteiger partial charge in [0.15, 0.2) is 5.82 Å². The van der Waals surface area contributed by atoms with E-state index >= 15 is 0 Å². The third kappa shape index (κ3) is 2.42. The summed E-state index contributed by atoms with van der Waals surface area (Å²) in [6.07, 6.45) is 3.57. The zero-order valence-corrected chi connectivity index (χ0v) is 12.3. The monoisotopic (exact) mass is 283 g/mol. The number of aromatic nitrogens is 3. The lowest BCUT2D eigenvalue weighted by Gasteiger charge is -2.25. The Kier molecular flexibility index (Phi) is 3.35. The van der Waals surface area contributed by atoms with E-state index < -0.39 is 0 Å². The van der Waals surface area contributed by atoms with Crippen LogP contribution in [0, 0.1) is 0 Å². The van der Waals surface area contributed by atoms with E-state index in [1.54, 1.807) is 0 Å². The Balaban J connectivity index is 1.63. The zero-order chi connectivity index (χ0) is 14.1. The summed E-state index contributed by atoms with van der Waals surface area (Å²) in [4.78, 5) is 2.43. The van der Waals surface area contributed by atoms with Crippen molar-refractivity contribution in [3.8, 4) is 0 Å². The van der Waals surface area contributed by atoms with E-state index in [1.165, 1.54) is 24.1 Å². The fraction of sp³-hybridized carbons (Fsp3) is 0.500. The molecule has 0 atom stereocenters. The van der Waals surface area contributed by atoms with Crippen molar-refractivity contribution in [2.45, 2.75) is 38.9 Å². The van der Waals surface area contributed by atoms with Gasteiger partial charge in [0.05, 0.1) is 6.54 Å². The molecule has 1 aromatic carbocycles. The van der Waals surface area contributed by atoms with Gasteiger partial charge in [0.1, 0.15) is 5.82 Å². The molecule has 1 N–H and O–H groups in total. The summed E-state index contributed by atoms with van der Waals surface area (Å²) in [5, 5.41) is 12.3. The number of rotatable bonds is 2. The van der Waals surface area contributed by atoms with Crippen molar-refractivity contribution in [3.05, 3.63) is 41.5 Å². The van der Waals surface area contributed by atoms with Crippen molar-refractivity contribution in [1.29, 1.82) is 0 Å². The molecule has 110 valence electrons. The molecule has 4 rings (SSSR count). The normalized spacial score (nSPS) is 18.0. The van der Waals surface area contributed by atoms with Gasteiger partial charge in [-0.15, -0.1) is 10.2 Å². The molecule has 5 nitrogen and oxygen atoms in total. The maximum Gasteiger partial charge on any atom is 0.152 e. The van der Waals surface area contributed by atoms with Gasteiger partial charge >= 0.3 is 0 Å². The molecule has 2 aromatic rings. The van der Waals surface area contributed by atoms with Gasteiger partial charge in [-0.2, -0.15) is 0 Å². The molecule has 0 unspecified atom stereocenters. The highest BCUT2D eigenvalue weighted by atomic mass is 15.3. The van der Waals surface area contributed by atoms with E-state index in [0.717, 1.165) is 50.8 Å². The average molecular weight is 283 g/mol. The molecule has 0 amide bonds. The number of hydrogen-bond donors (Lipinski definition) is 1. The predicted octanol–water partition coefficient (Wildman–Crippen LogP) is 1.72. The van der Waals surface area contributed by atoms with E-state index in [2.05, 4.69) is 49.2 Å². The number of hydrogen-bond acceptors (Lipinski definition) is 4. The Labute approximate surface area is 125 Å². The number of anilines is 1. The van der Waals surface area contributed by atoms with Crippen molar-refractivity contribution < 1.29 is 0 Å². The lowest BCUT2D eigenvalue weighted by molar-refractivity contribution is 0.504. The van der Waals surface area contributed by atoms with Crippen molar-refractivity contribution in [3.63, 3.8) is 0 Å². The first-order chi connectivity index (χ1) is 10.4. The maximum atomic E-state index is 4.45. The summed E-state index contributed by atoms with van der Waals surface area (Å²) in [6.45, 7) is 4.90. The molecule has 0 fully saturated rings. The van der Waals surface area contributed by atoms with Gasteiger partial charge in [0.2, 0.25) is 0 Å².